The molecular weight excluding hydrogens is 406 g/mol. The SMILES string of the molecule is C[C@@H](CN1C[C@H]2C[C@@H]1C(=O)N2[C@H]1CCc2cc(C(N)=O)ccc21)C(=O)N1CCC[C@H]1C#N. The lowest BCUT2D eigenvalue weighted by Gasteiger charge is -2.38. The number of amides is 3. The standard InChI is InChI=1S/C24H29N5O3/c1-14(23(31)28-8-2-3-17(28)11-25)12-27-13-18-10-21(27)24(32)29(18)20-7-5-15-9-16(22(26)30)4-6-19(15)20/h4,6,9,14,17-18,20-21H,2-3,5,7-8,10,12-13H2,1H3,(H2,26,30)/t14-,17-,18+,20-,21+/m0/s1. The molecule has 168 valence electrons. The number of aryl methyl sites for hydroxylation is 1. The summed E-state index contributed by atoms with van der Waals surface area (Å²) in [6.45, 7) is 3.89. The highest BCUT2D eigenvalue weighted by Gasteiger charge is 2.53. The Morgan fingerprint density at radius 2 is 2.09 bits per heavy atom. The van der Waals surface area contributed by atoms with Gasteiger partial charge >= 0.3 is 0 Å². The molecule has 8 nitrogen and oxygen atoms in total. The minimum atomic E-state index is -0.429. The zero-order valence-electron chi connectivity index (χ0n) is 18.4. The summed E-state index contributed by atoms with van der Waals surface area (Å²) in [5.74, 6) is -0.490. The first-order valence-electron chi connectivity index (χ1n) is 11.6. The van der Waals surface area contributed by atoms with Crippen LogP contribution in [0.5, 0.6) is 0 Å². The first kappa shape index (κ1) is 21.0. The number of carbonyl (C=O) groups is 3. The van der Waals surface area contributed by atoms with Crippen molar-refractivity contribution in [2.45, 2.75) is 63.2 Å². The zero-order chi connectivity index (χ0) is 22.6. The molecule has 0 saturated carbocycles. The van der Waals surface area contributed by atoms with Gasteiger partial charge in [-0.2, -0.15) is 5.26 Å². The van der Waals surface area contributed by atoms with Gasteiger partial charge in [-0.15, -0.1) is 0 Å². The molecule has 0 unspecified atom stereocenters. The van der Waals surface area contributed by atoms with Crippen LogP contribution < -0.4 is 5.73 Å². The molecule has 0 spiro atoms. The van der Waals surface area contributed by atoms with Gasteiger partial charge in [0.2, 0.25) is 17.7 Å². The summed E-state index contributed by atoms with van der Waals surface area (Å²) in [6, 6.07) is 7.53. The van der Waals surface area contributed by atoms with Gasteiger partial charge in [0.05, 0.1) is 18.2 Å². The lowest BCUT2D eigenvalue weighted by atomic mass is 10.0. The predicted molar refractivity (Wildman–Crippen MR) is 116 cm³/mol. The van der Waals surface area contributed by atoms with Crippen molar-refractivity contribution >= 4 is 17.7 Å². The number of carbonyl (C=O) groups excluding carboxylic acids is 3. The molecule has 32 heavy (non-hydrogen) atoms. The quantitative estimate of drug-likeness (QED) is 0.747. The maximum absolute atomic E-state index is 13.3. The second kappa shape index (κ2) is 7.89. The van der Waals surface area contributed by atoms with Crippen LogP contribution in [0.4, 0.5) is 0 Å². The van der Waals surface area contributed by atoms with Crippen LogP contribution in [-0.4, -0.2) is 70.2 Å². The number of hydrogen-bond donors (Lipinski definition) is 1. The monoisotopic (exact) mass is 435 g/mol. The number of fused-ring (bicyclic) bond motifs is 3. The summed E-state index contributed by atoms with van der Waals surface area (Å²) in [6.07, 6.45) is 4.14. The summed E-state index contributed by atoms with van der Waals surface area (Å²) in [5.41, 5.74) is 8.16. The van der Waals surface area contributed by atoms with Gasteiger partial charge in [-0.25, -0.2) is 0 Å². The van der Waals surface area contributed by atoms with Gasteiger partial charge in [0, 0.05) is 37.2 Å². The third-order valence-corrected chi connectivity index (χ3v) is 7.74. The van der Waals surface area contributed by atoms with Crippen LogP contribution >= 0.6 is 0 Å². The second-order valence-electron chi connectivity index (χ2n) is 9.66. The molecule has 3 heterocycles. The van der Waals surface area contributed by atoms with Crippen molar-refractivity contribution in [2.75, 3.05) is 19.6 Å². The molecule has 3 fully saturated rings. The number of nitrogens with two attached hydrogens (primary N) is 1. The molecule has 1 aromatic rings. The summed E-state index contributed by atoms with van der Waals surface area (Å²) in [4.78, 5) is 43.6. The Hall–Kier alpha value is -2.92. The molecule has 3 aliphatic heterocycles. The van der Waals surface area contributed by atoms with Crippen LogP contribution in [-0.2, 0) is 16.0 Å². The third-order valence-electron chi connectivity index (χ3n) is 7.74. The number of likely N-dealkylation sites (tertiary alicyclic amines) is 3. The first-order valence-corrected chi connectivity index (χ1v) is 11.6. The molecule has 2 bridgehead atoms. The molecule has 5 atom stereocenters. The second-order valence-corrected chi connectivity index (χ2v) is 9.66. The van der Waals surface area contributed by atoms with E-state index in [0.717, 1.165) is 49.8 Å². The van der Waals surface area contributed by atoms with Crippen LogP contribution in [0, 0.1) is 17.2 Å². The van der Waals surface area contributed by atoms with Gasteiger partial charge in [-0.05, 0) is 55.4 Å². The van der Waals surface area contributed by atoms with Gasteiger partial charge in [-0.3, -0.25) is 19.3 Å². The minimum absolute atomic E-state index is 0.0242. The summed E-state index contributed by atoms with van der Waals surface area (Å²) < 4.78 is 0. The number of nitriles is 1. The van der Waals surface area contributed by atoms with Crippen LogP contribution in [0.25, 0.3) is 0 Å². The van der Waals surface area contributed by atoms with Gasteiger partial charge in [0.25, 0.3) is 0 Å². The molecule has 1 aromatic carbocycles. The van der Waals surface area contributed by atoms with Gasteiger partial charge < -0.3 is 15.5 Å². The van der Waals surface area contributed by atoms with E-state index in [9.17, 15) is 19.6 Å². The van der Waals surface area contributed by atoms with E-state index >= 15 is 0 Å². The smallest absolute Gasteiger partial charge is 0.248 e. The maximum atomic E-state index is 13.3. The van der Waals surface area contributed by atoms with Crippen molar-refractivity contribution in [3.63, 3.8) is 0 Å². The van der Waals surface area contributed by atoms with E-state index in [-0.39, 0.29) is 41.9 Å². The van der Waals surface area contributed by atoms with Crippen molar-refractivity contribution in [1.29, 1.82) is 5.26 Å². The Morgan fingerprint density at radius 1 is 1.28 bits per heavy atom. The average Bonchev–Trinajstić information content (AvgIpc) is 3.55. The highest BCUT2D eigenvalue weighted by atomic mass is 16.2. The molecule has 4 aliphatic rings. The maximum Gasteiger partial charge on any atom is 0.248 e. The Morgan fingerprint density at radius 3 is 2.81 bits per heavy atom. The molecule has 8 heteroatoms. The first-order chi connectivity index (χ1) is 15.4. The largest absolute Gasteiger partial charge is 0.366 e. The zero-order valence-corrected chi connectivity index (χ0v) is 18.4. The van der Waals surface area contributed by atoms with Gasteiger partial charge in [-0.1, -0.05) is 13.0 Å². The lowest BCUT2D eigenvalue weighted by Crippen LogP contribution is -2.53. The number of rotatable bonds is 5. The summed E-state index contributed by atoms with van der Waals surface area (Å²) >= 11 is 0. The van der Waals surface area contributed by atoms with E-state index in [1.807, 2.05) is 19.1 Å². The number of primary amides is 1. The number of piperazine rings is 1. The summed E-state index contributed by atoms with van der Waals surface area (Å²) in [7, 11) is 0. The molecule has 3 saturated heterocycles. The van der Waals surface area contributed by atoms with E-state index in [2.05, 4.69) is 15.9 Å². The molecule has 1 aliphatic carbocycles. The molecular formula is C24H29N5O3. The van der Waals surface area contributed by atoms with Crippen LogP contribution in [0.3, 0.4) is 0 Å². The Balaban J connectivity index is 1.25. The molecule has 0 radical (unpaired) electrons. The molecule has 5 rings (SSSR count). The fraction of sp³-hybridized carbons (Fsp3) is 0.583. The fourth-order valence-electron chi connectivity index (χ4n) is 6.21. The summed E-state index contributed by atoms with van der Waals surface area (Å²) in [5, 5.41) is 9.29. The number of hydrogen-bond acceptors (Lipinski definition) is 5. The van der Waals surface area contributed by atoms with Crippen LogP contribution in [0.15, 0.2) is 18.2 Å². The van der Waals surface area contributed by atoms with E-state index < -0.39 is 5.91 Å². The topological polar surface area (TPSA) is 111 Å². The highest BCUT2D eigenvalue weighted by molar-refractivity contribution is 5.93. The normalized spacial score (nSPS) is 29.9. The lowest BCUT2D eigenvalue weighted by molar-refractivity contribution is -0.142. The van der Waals surface area contributed by atoms with E-state index in [1.165, 1.54) is 0 Å². The Bertz CT molecular complexity index is 1020. The van der Waals surface area contributed by atoms with Crippen molar-refractivity contribution in [1.82, 2.24) is 14.7 Å². The Labute approximate surface area is 187 Å². The number of nitrogens with zero attached hydrogens (tertiary/aromatic N) is 4. The average molecular weight is 436 g/mol. The minimum Gasteiger partial charge on any atom is -0.366 e. The third kappa shape index (κ3) is 3.27. The highest BCUT2D eigenvalue weighted by Crippen LogP contribution is 2.44. The van der Waals surface area contributed by atoms with Crippen LogP contribution in [0.1, 0.15) is 60.1 Å². The molecule has 2 N–H and O–H groups in total. The number of benzene rings is 1. The fourth-order valence-corrected chi connectivity index (χ4v) is 6.21. The molecule has 3 amide bonds. The van der Waals surface area contributed by atoms with Gasteiger partial charge in [0.1, 0.15) is 6.04 Å². The van der Waals surface area contributed by atoms with Crippen molar-refractivity contribution < 1.29 is 14.4 Å². The van der Waals surface area contributed by atoms with E-state index in [4.69, 9.17) is 5.73 Å². The van der Waals surface area contributed by atoms with Gasteiger partial charge in [0.15, 0.2) is 0 Å². The van der Waals surface area contributed by atoms with E-state index in [0.29, 0.717) is 18.7 Å². The molecule has 0 aromatic heterocycles. The van der Waals surface area contributed by atoms with Crippen molar-refractivity contribution in [3.05, 3.63) is 34.9 Å². The predicted octanol–water partition coefficient (Wildman–Crippen LogP) is 1.21. The van der Waals surface area contributed by atoms with Crippen molar-refractivity contribution in [2.24, 2.45) is 11.7 Å². The van der Waals surface area contributed by atoms with E-state index in [1.54, 1.807) is 11.0 Å². The van der Waals surface area contributed by atoms with Crippen molar-refractivity contribution in [3.8, 4) is 6.07 Å². The van der Waals surface area contributed by atoms with Crippen LogP contribution in [0.2, 0.25) is 0 Å². The Kier molecular flexibility index (Phi) is 5.17.